The van der Waals surface area contributed by atoms with E-state index in [2.05, 4.69) is 12.2 Å². The van der Waals surface area contributed by atoms with Gasteiger partial charge in [-0.05, 0) is 67.7 Å². The molecule has 0 aromatic heterocycles. The molecule has 2 bridgehead atoms. The van der Waals surface area contributed by atoms with Gasteiger partial charge in [0, 0.05) is 24.7 Å². The third-order valence-corrected chi connectivity index (χ3v) is 9.33. The molecule has 0 heterocycles. The standard InChI is InChI=1S/C26H34N2O4S/c1-4-28(17-19-8-6-5-7-9-19)33(30,31)25-16-22(12-13-24(25)32-3)26(29)27-18(2)23-15-20-10-11-21(23)14-20/h5-9,12-13,16,18,20-21,23H,4,10-11,14-15,17H2,1-3H3,(H,27,29)/t18-,20+,21+,23-/m0/s1. The zero-order valence-corrected chi connectivity index (χ0v) is 20.5. The van der Waals surface area contributed by atoms with Crippen LogP contribution in [0.5, 0.6) is 5.75 Å². The summed E-state index contributed by atoms with van der Waals surface area (Å²) in [6, 6.07) is 14.2. The maximum Gasteiger partial charge on any atom is 0.251 e. The summed E-state index contributed by atoms with van der Waals surface area (Å²) >= 11 is 0. The molecule has 0 saturated heterocycles. The van der Waals surface area contributed by atoms with E-state index in [9.17, 15) is 13.2 Å². The summed E-state index contributed by atoms with van der Waals surface area (Å²) in [7, 11) is -2.43. The van der Waals surface area contributed by atoms with Crippen molar-refractivity contribution >= 4 is 15.9 Å². The molecular formula is C26H34N2O4S. The molecule has 1 amide bonds. The van der Waals surface area contributed by atoms with Crippen LogP contribution in [0.1, 0.15) is 55.5 Å². The lowest BCUT2D eigenvalue weighted by Gasteiger charge is -2.28. The second-order valence-corrected chi connectivity index (χ2v) is 11.3. The van der Waals surface area contributed by atoms with Crippen molar-refractivity contribution in [3.05, 3.63) is 59.7 Å². The normalized spacial score (nSPS) is 23.0. The van der Waals surface area contributed by atoms with E-state index in [0.29, 0.717) is 23.9 Å². The number of benzene rings is 2. The molecule has 0 radical (unpaired) electrons. The van der Waals surface area contributed by atoms with Gasteiger partial charge in [0.2, 0.25) is 10.0 Å². The number of methoxy groups -OCH3 is 1. The van der Waals surface area contributed by atoms with E-state index < -0.39 is 10.0 Å². The third-order valence-electron chi connectivity index (χ3n) is 7.39. The van der Waals surface area contributed by atoms with Gasteiger partial charge in [-0.3, -0.25) is 4.79 Å². The molecule has 0 aliphatic heterocycles. The Morgan fingerprint density at radius 1 is 1.15 bits per heavy atom. The second-order valence-electron chi connectivity index (χ2n) is 9.38. The Kier molecular flexibility index (Phi) is 7.10. The Balaban J connectivity index is 1.55. The minimum atomic E-state index is -3.87. The highest BCUT2D eigenvalue weighted by Crippen LogP contribution is 2.49. The van der Waals surface area contributed by atoms with Gasteiger partial charge in [-0.25, -0.2) is 8.42 Å². The highest BCUT2D eigenvalue weighted by Gasteiger charge is 2.42. The van der Waals surface area contributed by atoms with E-state index >= 15 is 0 Å². The van der Waals surface area contributed by atoms with Crippen molar-refractivity contribution in [2.75, 3.05) is 13.7 Å². The highest BCUT2D eigenvalue weighted by molar-refractivity contribution is 7.89. The fourth-order valence-corrected chi connectivity index (χ4v) is 7.23. The monoisotopic (exact) mass is 470 g/mol. The Bertz CT molecular complexity index is 1090. The number of fused-ring (bicyclic) bond motifs is 2. The average Bonchev–Trinajstić information content (AvgIpc) is 3.46. The molecule has 7 heteroatoms. The van der Waals surface area contributed by atoms with Gasteiger partial charge in [0.1, 0.15) is 10.6 Å². The van der Waals surface area contributed by atoms with Crippen LogP contribution in [0.3, 0.4) is 0 Å². The summed E-state index contributed by atoms with van der Waals surface area (Å²) in [6.07, 6.45) is 5.04. The third kappa shape index (κ3) is 4.94. The zero-order valence-electron chi connectivity index (χ0n) is 19.7. The summed E-state index contributed by atoms with van der Waals surface area (Å²) in [5.41, 5.74) is 1.23. The maximum absolute atomic E-state index is 13.6. The first-order valence-electron chi connectivity index (χ1n) is 11.9. The smallest absolute Gasteiger partial charge is 0.251 e. The highest BCUT2D eigenvalue weighted by atomic mass is 32.2. The van der Waals surface area contributed by atoms with E-state index in [1.807, 2.05) is 30.3 Å². The number of carbonyl (C=O) groups is 1. The lowest BCUT2D eigenvalue weighted by molar-refractivity contribution is 0.0915. The molecule has 2 aliphatic rings. The molecule has 6 nitrogen and oxygen atoms in total. The van der Waals surface area contributed by atoms with Crippen molar-refractivity contribution < 1.29 is 17.9 Å². The van der Waals surface area contributed by atoms with E-state index in [1.165, 1.54) is 43.2 Å². The van der Waals surface area contributed by atoms with Crippen LogP contribution >= 0.6 is 0 Å². The predicted molar refractivity (Wildman–Crippen MR) is 129 cm³/mol. The fourth-order valence-electron chi connectivity index (χ4n) is 5.62. The number of nitrogens with zero attached hydrogens (tertiary/aromatic N) is 1. The molecule has 4 rings (SSSR count). The largest absolute Gasteiger partial charge is 0.495 e. The second kappa shape index (κ2) is 9.85. The van der Waals surface area contributed by atoms with Gasteiger partial charge in [0.25, 0.3) is 5.91 Å². The minimum absolute atomic E-state index is 0.0167. The van der Waals surface area contributed by atoms with Gasteiger partial charge in [0.15, 0.2) is 0 Å². The first kappa shape index (κ1) is 23.8. The van der Waals surface area contributed by atoms with Crippen LogP contribution < -0.4 is 10.1 Å². The first-order chi connectivity index (χ1) is 15.8. The number of amides is 1. The van der Waals surface area contributed by atoms with Gasteiger partial charge in [0.05, 0.1) is 7.11 Å². The number of hydrogen-bond donors (Lipinski definition) is 1. The van der Waals surface area contributed by atoms with Gasteiger partial charge in [-0.1, -0.05) is 43.7 Å². The van der Waals surface area contributed by atoms with Crippen LogP contribution in [0.2, 0.25) is 0 Å². The van der Waals surface area contributed by atoms with Gasteiger partial charge < -0.3 is 10.1 Å². The summed E-state index contributed by atoms with van der Waals surface area (Å²) in [5.74, 6) is 2.01. The molecule has 2 aliphatic carbocycles. The summed E-state index contributed by atoms with van der Waals surface area (Å²) in [4.78, 5) is 13.1. The van der Waals surface area contributed by atoms with E-state index in [0.717, 1.165) is 11.5 Å². The topological polar surface area (TPSA) is 75.7 Å². The quantitative estimate of drug-likeness (QED) is 0.587. The molecule has 0 unspecified atom stereocenters. The van der Waals surface area contributed by atoms with Gasteiger partial charge >= 0.3 is 0 Å². The lowest BCUT2D eigenvalue weighted by atomic mass is 9.84. The fraction of sp³-hybridized carbons (Fsp3) is 0.500. The van der Waals surface area contributed by atoms with E-state index in [-0.39, 0.29) is 29.1 Å². The van der Waals surface area contributed by atoms with Crippen LogP contribution in [0, 0.1) is 17.8 Å². The number of nitrogens with one attached hydrogen (secondary N) is 1. The van der Waals surface area contributed by atoms with Crippen molar-refractivity contribution in [3.63, 3.8) is 0 Å². The molecule has 2 fully saturated rings. The SMILES string of the molecule is CCN(Cc1ccccc1)S(=O)(=O)c1cc(C(=O)N[C@@H](C)[C@@H]2C[C@@H]3CC[C@@H]2C3)ccc1OC. The average molecular weight is 471 g/mol. The number of ether oxygens (including phenoxy) is 1. The summed E-state index contributed by atoms with van der Waals surface area (Å²) in [5, 5.41) is 3.13. The Hall–Kier alpha value is -2.38. The summed E-state index contributed by atoms with van der Waals surface area (Å²) < 4.78 is 33.9. The molecule has 178 valence electrons. The molecule has 4 atom stereocenters. The van der Waals surface area contributed by atoms with E-state index in [1.54, 1.807) is 19.1 Å². The molecule has 2 aromatic carbocycles. The van der Waals surface area contributed by atoms with Crippen LogP contribution in [-0.2, 0) is 16.6 Å². The minimum Gasteiger partial charge on any atom is -0.495 e. The molecule has 2 saturated carbocycles. The van der Waals surface area contributed by atoms with Crippen molar-refractivity contribution in [3.8, 4) is 5.75 Å². The van der Waals surface area contributed by atoms with Crippen molar-refractivity contribution in [2.24, 2.45) is 17.8 Å². The number of sulfonamides is 1. The van der Waals surface area contributed by atoms with Crippen molar-refractivity contribution in [2.45, 2.75) is 57.0 Å². The Morgan fingerprint density at radius 3 is 2.52 bits per heavy atom. The predicted octanol–water partition coefficient (Wildman–Crippen LogP) is 4.46. The van der Waals surface area contributed by atoms with Crippen molar-refractivity contribution in [1.29, 1.82) is 0 Å². The number of hydrogen-bond acceptors (Lipinski definition) is 4. The van der Waals surface area contributed by atoms with Crippen LogP contribution in [0.4, 0.5) is 0 Å². The molecular weight excluding hydrogens is 436 g/mol. The maximum atomic E-state index is 13.6. The lowest BCUT2D eigenvalue weighted by Crippen LogP contribution is -2.40. The zero-order chi connectivity index (χ0) is 23.6. The van der Waals surface area contributed by atoms with Gasteiger partial charge in [-0.2, -0.15) is 4.31 Å². The molecule has 33 heavy (non-hydrogen) atoms. The molecule has 2 aromatic rings. The summed E-state index contributed by atoms with van der Waals surface area (Å²) in [6.45, 7) is 4.43. The van der Waals surface area contributed by atoms with Crippen LogP contribution in [0.15, 0.2) is 53.4 Å². The molecule has 1 N–H and O–H groups in total. The number of carbonyl (C=O) groups excluding carboxylic acids is 1. The number of rotatable bonds is 9. The Labute approximate surface area is 197 Å². The van der Waals surface area contributed by atoms with Crippen LogP contribution in [-0.4, -0.2) is 38.3 Å². The first-order valence-corrected chi connectivity index (χ1v) is 13.3. The van der Waals surface area contributed by atoms with E-state index in [4.69, 9.17) is 4.74 Å². The van der Waals surface area contributed by atoms with Crippen molar-refractivity contribution in [1.82, 2.24) is 9.62 Å². The Morgan fingerprint density at radius 2 is 1.91 bits per heavy atom. The van der Waals surface area contributed by atoms with Crippen LogP contribution in [0.25, 0.3) is 0 Å². The molecule has 0 spiro atoms. The van der Waals surface area contributed by atoms with Gasteiger partial charge in [-0.15, -0.1) is 0 Å².